The standard InChI is InChI=1S/C26H30.2H3O4P/c1-25(2,3)20-16-17-23(24(18-20)26(4,5)6)22-15-11-10-14-21(22)19-12-8-7-9-13-19;2*1-5(2,3)4/h7-18H,1-6H3;2*(H3,1,2,3,4). The Morgan fingerprint density at radius 2 is 0.944 bits per heavy atom. The molecule has 0 aliphatic rings. The van der Waals surface area contributed by atoms with Gasteiger partial charge in [0.1, 0.15) is 0 Å². The molecule has 0 unspecified atom stereocenters. The lowest BCUT2D eigenvalue weighted by Crippen LogP contribution is -2.17. The van der Waals surface area contributed by atoms with Crippen LogP contribution in [-0.2, 0) is 20.0 Å². The van der Waals surface area contributed by atoms with Crippen LogP contribution in [-0.4, -0.2) is 29.4 Å². The van der Waals surface area contributed by atoms with Crippen molar-refractivity contribution in [1.29, 1.82) is 0 Å². The topological polar surface area (TPSA) is 156 Å². The van der Waals surface area contributed by atoms with Gasteiger partial charge < -0.3 is 29.4 Å². The summed E-state index contributed by atoms with van der Waals surface area (Å²) in [5.74, 6) is 0. The summed E-state index contributed by atoms with van der Waals surface area (Å²) in [6.45, 7) is 13.8. The number of rotatable bonds is 2. The first-order chi connectivity index (χ1) is 16.2. The smallest absolute Gasteiger partial charge is 0.303 e. The van der Waals surface area contributed by atoms with E-state index in [0.29, 0.717) is 0 Å². The maximum atomic E-state index is 8.88. The monoisotopic (exact) mass is 538 g/mol. The second-order valence-corrected chi connectivity index (χ2v) is 12.3. The Labute approximate surface area is 212 Å². The van der Waals surface area contributed by atoms with Crippen molar-refractivity contribution in [3.63, 3.8) is 0 Å². The lowest BCUT2D eigenvalue weighted by Gasteiger charge is -2.28. The van der Waals surface area contributed by atoms with E-state index in [1.54, 1.807) is 0 Å². The lowest BCUT2D eigenvalue weighted by molar-refractivity contribution is 0.272. The van der Waals surface area contributed by atoms with Crippen LogP contribution in [0.1, 0.15) is 52.7 Å². The Hall–Kier alpha value is -2.12. The molecule has 8 nitrogen and oxygen atoms in total. The van der Waals surface area contributed by atoms with Crippen molar-refractivity contribution >= 4 is 15.6 Å². The molecule has 36 heavy (non-hydrogen) atoms. The van der Waals surface area contributed by atoms with Crippen molar-refractivity contribution < 1.29 is 38.5 Å². The maximum absolute atomic E-state index is 8.88. The normalized spacial score (nSPS) is 12.1. The van der Waals surface area contributed by atoms with E-state index in [1.807, 2.05) is 0 Å². The summed E-state index contributed by atoms with van der Waals surface area (Å²) in [4.78, 5) is 43.1. The van der Waals surface area contributed by atoms with Crippen molar-refractivity contribution in [3.8, 4) is 22.3 Å². The summed E-state index contributed by atoms with van der Waals surface area (Å²) in [6.07, 6.45) is 0. The summed E-state index contributed by atoms with van der Waals surface area (Å²) in [5, 5.41) is 0. The van der Waals surface area contributed by atoms with Gasteiger partial charge in [-0.2, -0.15) is 0 Å². The first-order valence-corrected chi connectivity index (χ1v) is 14.2. The van der Waals surface area contributed by atoms with Crippen molar-refractivity contribution in [2.75, 3.05) is 0 Å². The minimum atomic E-state index is -4.64. The molecule has 0 amide bonds. The van der Waals surface area contributed by atoms with Gasteiger partial charge in [0, 0.05) is 0 Å². The van der Waals surface area contributed by atoms with Gasteiger partial charge >= 0.3 is 15.6 Å². The van der Waals surface area contributed by atoms with E-state index < -0.39 is 15.6 Å². The van der Waals surface area contributed by atoms with Crippen LogP contribution in [0.15, 0.2) is 72.8 Å². The molecule has 10 heteroatoms. The summed E-state index contributed by atoms with van der Waals surface area (Å²) in [7, 11) is -9.28. The van der Waals surface area contributed by atoms with Crippen LogP contribution in [0.5, 0.6) is 0 Å². The van der Waals surface area contributed by atoms with Crippen molar-refractivity contribution in [2.45, 2.75) is 52.4 Å². The average Bonchev–Trinajstić information content (AvgIpc) is 2.70. The predicted molar refractivity (Wildman–Crippen MR) is 143 cm³/mol. The van der Waals surface area contributed by atoms with E-state index >= 15 is 0 Å². The van der Waals surface area contributed by atoms with Gasteiger partial charge in [0.25, 0.3) is 0 Å². The molecule has 0 atom stereocenters. The molecule has 3 rings (SSSR count). The zero-order valence-electron chi connectivity index (χ0n) is 21.3. The predicted octanol–water partition coefficient (Wildman–Crippen LogP) is 5.76. The van der Waals surface area contributed by atoms with Crippen LogP contribution in [0.3, 0.4) is 0 Å². The molecule has 0 aliphatic carbocycles. The van der Waals surface area contributed by atoms with Gasteiger partial charge in [-0.05, 0) is 44.2 Å². The molecule has 0 aromatic heterocycles. The molecule has 0 saturated carbocycles. The molecule has 3 aromatic rings. The highest BCUT2D eigenvalue weighted by atomic mass is 31.2. The molecular formula is C26H36O8P2. The highest BCUT2D eigenvalue weighted by molar-refractivity contribution is 7.45. The fraction of sp³-hybridized carbons (Fsp3) is 0.308. The van der Waals surface area contributed by atoms with Gasteiger partial charge in [-0.15, -0.1) is 0 Å². The third-order valence-corrected chi connectivity index (χ3v) is 5.00. The average molecular weight is 539 g/mol. The van der Waals surface area contributed by atoms with E-state index in [0.717, 1.165) is 0 Å². The van der Waals surface area contributed by atoms with Crippen LogP contribution in [0, 0.1) is 0 Å². The van der Waals surface area contributed by atoms with Crippen LogP contribution in [0.2, 0.25) is 0 Å². The van der Waals surface area contributed by atoms with E-state index in [9.17, 15) is 0 Å². The Morgan fingerprint density at radius 3 is 1.36 bits per heavy atom. The SMILES string of the molecule is CC(C)(C)c1ccc(-c2ccccc2-c2ccccc2)c(C(C)(C)C)c1.O=P(O)(O)O.O=P(O)(O)O. The van der Waals surface area contributed by atoms with Crippen molar-refractivity contribution in [2.24, 2.45) is 0 Å². The quantitative estimate of drug-likeness (QED) is 0.225. The van der Waals surface area contributed by atoms with Crippen LogP contribution in [0.25, 0.3) is 22.3 Å². The highest BCUT2D eigenvalue weighted by Gasteiger charge is 2.23. The molecule has 0 radical (unpaired) electrons. The summed E-state index contributed by atoms with van der Waals surface area (Å²) in [6, 6.07) is 26.5. The van der Waals surface area contributed by atoms with E-state index in [4.69, 9.17) is 38.5 Å². The highest BCUT2D eigenvalue weighted by Crippen LogP contribution is 2.40. The third kappa shape index (κ3) is 12.2. The molecule has 3 aromatic carbocycles. The van der Waals surface area contributed by atoms with Gasteiger partial charge in [0.15, 0.2) is 0 Å². The van der Waals surface area contributed by atoms with Gasteiger partial charge in [-0.1, -0.05) is 114 Å². The largest absolute Gasteiger partial charge is 0.466 e. The second kappa shape index (κ2) is 12.4. The second-order valence-electron chi connectivity index (χ2n) is 10.2. The fourth-order valence-corrected chi connectivity index (χ4v) is 3.45. The van der Waals surface area contributed by atoms with Gasteiger partial charge in [-0.25, -0.2) is 9.13 Å². The Kier molecular flexibility index (Phi) is 11.0. The van der Waals surface area contributed by atoms with Gasteiger partial charge in [-0.3, -0.25) is 0 Å². The third-order valence-electron chi connectivity index (χ3n) is 5.00. The summed E-state index contributed by atoms with van der Waals surface area (Å²) < 4.78 is 17.8. The maximum Gasteiger partial charge on any atom is 0.466 e. The minimum Gasteiger partial charge on any atom is -0.303 e. The molecule has 0 aliphatic heterocycles. The van der Waals surface area contributed by atoms with E-state index in [-0.39, 0.29) is 10.8 Å². The minimum absolute atomic E-state index is 0.0837. The van der Waals surface area contributed by atoms with Gasteiger partial charge in [0.2, 0.25) is 0 Å². The summed E-state index contributed by atoms with van der Waals surface area (Å²) in [5.41, 5.74) is 8.24. The molecule has 0 bridgehead atoms. The first-order valence-electron chi connectivity index (χ1n) is 11.0. The molecule has 0 spiro atoms. The summed E-state index contributed by atoms with van der Waals surface area (Å²) >= 11 is 0. The van der Waals surface area contributed by atoms with E-state index in [2.05, 4.69) is 114 Å². The molecule has 0 saturated heterocycles. The molecule has 0 heterocycles. The number of hydrogen-bond donors (Lipinski definition) is 6. The Balaban J connectivity index is 0.000000550. The van der Waals surface area contributed by atoms with Crippen molar-refractivity contribution in [1.82, 2.24) is 0 Å². The molecule has 198 valence electrons. The first kappa shape index (κ1) is 31.9. The number of benzene rings is 3. The van der Waals surface area contributed by atoms with Crippen LogP contribution >= 0.6 is 15.6 Å². The Morgan fingerprint density at radius 1 is 0.528 bits per heavy atom. The molecule has 6 N–H and O–H groups in total. The van der Waals surface area contributed by atoms with Crippen LogP contribution in [0.4, 0.5) is 0 Å². The number of phosphoric acid groups is 2. The lowest BCUT2D eigenvalue weighted by atomic mass is 9.76. The van der Waals surface area contributed by atoms with Gasteiger partial charge in [0.05, 0.1) is 0 Å². The fourth-order valence-electron chi connectivity index (χ4n) is 3.45. The number of hydrogen-bond acceptors (Lipinski definition) is 2. The zero-order valence-corrected chi connectivity index (χ0v) is 23.1. The zero-order chi connectivity index (χ0) is 27.9. The van der Waals surface area contributed by atoms with E-state index in [1.165, 1.54) is 33.4 Å². The molecule has 0 fully saturated rings. The Bertz CT molecular complexity index is 1180. The molecular weight excluding hydrogens is 502 g/mol. The van der Waals surface area contributed by atoms with Crippen molar-refractivity contribution in [3.05, 3.63) is 83.9 Å². The van der Waals surface area contributed by atoms with Crippen LogP contribution < -0.4 is 0 Å².